The molecule has 0 radical (unpaired) electrons. The molecular weight excluding hydrogens is 177 g/mol. The van der Waals surface area contributed by atoms with Gasteiger partial charge in [-0.1, -0.05) is 18.2 Å². The van der Waals surface area contributed by atoms with Gasteiger partial charge in [-0.05, 0) is 43.5 Å². The van der Waals surface area contributed by atoms with Gasteiger partial charge >= 0.3 is 0 Å². The number of halogens is 1. The number of hydrogen-bond donors (Lipinski definition) is 1. The Morgan fingerprint density at radius 2 is 2.21 bits per heavy atom. The number of alkyl halides is 1. The summed E-state index contributed by atoms with van der Waals surface area (Å²) < 4.78 is 12.5. The van der Waals surface area contributed by atoms with Gasteiger partial charge in [0.25, 0.3) is 0 Å². The highest BCUT2D eigenvalue weighted by atomic mass is 19.1. The van der Waals surface area contributed by atoms with Crippen LogP contribution in [-0.2, 0) is 18.6 Å². The van der Waals surface area contributed by atoms with Gasteiger partial charge in [0.15, 0.2) is 0 Å². The van der Waals surface area contributed by atoms with Crippen molar-refractivity contribution in [3.05, 3.63) is 34.9 Å². The highest BCUT2D eigenvalue weighted by Gasteiger charge is 2.26. The summed E-state index contributed by atoms with van der Waals surface area (Å²) in [5.74, 6) is 0. The molecule has 76 valence electrons. The molecule has 1 aromatic rings. The average Bonchev–Trinajstić information content (AvgIpc) is 2.16. The number of nitrogens with one attached hydrogen (secondary N) is 1. The summed E-state index contributed by atoms with van der Waals surface area (Å²) in [4.78, 5) is 0. The van der Waals surface area contributed by atoms with Crippen LogP contribution in [0.3, 0.4) is 0 Å². The monoisotopic (exact) mass is 193 g/mol. The molecule has 1 N–H and O–H groups in total. The van der Waals surface area contributed by atoms with E-state index in [1.807, 2.05) is 12.1 Å². The van der Waals surface area contributed by atoms with Gasteiger partial charge in [0.2, 0.25) is 0 Å². The van der Waals surface area contributed by atoms with Crippen LogP contribution in [0.25, 0.3) is 0 Å². The normalized spacial score (nSPS) is 19.1. The maximum atomic E-state index is 12.5. The molecule has 2 rings (SSSR count). The number of benzene rings is 1. The van der Waals surface area contributed by atoms with Gasteiger partial charge in [-0.25, -0.2) is 4.39 Å². The van der Waals surface area contributed by atoms with E-state index in [1.165, 1.54) is 11.1 Å². The van der Waals surface area contributed by atoms with Gasteiger partial charge < -0.3 is 5.32 Å². The summed E-state index contributed by atoms with van der Waals surface area (Å²) in [6, 6.07) is 5.93. The van der Waals surface area contributed by atoms with E-state index in [9.17, 15) is 4.39 Å². The van der Waals surface area contributed by atoms with Crippen molar-refractivity contribution in [2.24, 2.45) is 0 Å². The van der Waals surface area contributed by atoms with Crippen molar-refractivity contribution >= 4 is 0 Å². The molecule has 0 fully saturated rings. The van der Waals surface area contributed by atoms with E-state index in [0.29, 0.717) is 0 Å². The first kappa shape index (κ1) is 9.66. The largest absolute Gasteiger partial charge is 0.307 e. The molecule has 1 aliphatic heterocycles. The zero-order chi connectivity index (χ0) is 10.2. The van der Waals surface area contributed by atoms with Crippen LogP contribution in [0.1, 0.15) is 30.5 Å². The predicted octanol–water partition coefficient (Wildman–Crippen LogP) is 2.54. The van der Waals surface area contributed by atoms with E-state index >= 15 is 0 Å². The van der Waals surface area contributed by atoms with Crippen LogP contribution < -0.4 is 5.32 Å². The van der Waals surface area contributed by atoms with Crippen LogP contribution in [0, 0.1) is 0 Å². The zero-order valence-corrected chi connectivity index (χ0v) is 8.73. The van der Waals surface area contributed by atoms with Crippen molar-refractivity contribution in [1.82, 2.24) is 5.32 Å². The second-order valence-electron chi connectivity index (χ2n) is 4.43. The number of rotatable bonds is 1. The highest BCUT2D eigenvalue weighted by Crippen LogP contribution is 2.28. The van der Waals surface area contributed by atoms with Gasteiger partial charge in [-0.15, -0.1) is 0 Å². The molecule has 0 unspecified atom stereocenters. The SMILES string of the molecule is CC1(C)NCCc2cc(CF)ccc21. The Kier molecular flexibility index (Phi) is 2.31. The minimum atomic E-state index is -0.360. The lowest BCUT2D eigenvalue weighted by molar-refractivity contribution is 0.381. The lowest BCUT2D eigenvalue weighted by Crippen LogP contribution is -2.42. The Bertz CT molecular complexity index is 344. The van der Waals surface area contributed by atoms with Gasteiger partial charge in [-0.2, -0.15) is 0 Å². The van der Waals surface area contributed by atoms with Gasteiger partial charge in [-0.3, -0.25) is 0 Å². The van der Waals surface area contributed by atoms with Crippen molar-refractivity contribution < 1.29 is 4.39 Å². The van der Waals surface area contributed by atoms with E-state index in [0.717, 1.165) is 18.5 Å². The molecule has 0 saturated heterocycles. The van der Waals surface area contributed by atoms with Crippen molar-refractivity contribution in [3.63, 3.8) is 0 Å². The molecule has 1 aromatic carbocycles. The maximum absolute atomic E-state index is 12.5. The van der Waals surface area contributed by atoms with Crippen LogP contribution in [0.2, 0.25) is 0 Å². The summed E-state index contributed by atoms with van der Waals surface area (Å²) in [7, 11) is 0. The number of fused-ring (bicyclic) bond motifs is 1. The zero-order valence-electron chi connectivity index (χ0n) is 8.73. The minimum absolute atomic E-state index is 0.0302. The summed E-state index contributed by atoms with van der Waals surface area (Å²) in [5, 5.41) is 3.46. The summed E-state index contributed by atoms with van der Waals surface area (Å²) >= 11 is 0. The third kappa shape index (κ3) is 1.55. The highest BCUT2D eigenvalue weighted by molar-refractivity contribution is 5.38. The van der Waals surface area contributed by atoms with Gasteiger partial charge in [0.05, 0.1) is 0 Å². The first-order valence-electron chi connectivity index (χ1n) is 5.07. The molecule has 1 nitrogen and oxygen atoms in total. The molecule has 0 amide bonds. The molecule has 1 aliphatic rings. The van der Waals surface area contributed by atoms with Crippen LogP contribution in [0.15, 0.2) is 18.2 Å². The molecule has 0 aromatic heterocycles. The van der Waals surface area contributed by atoms with Gasteiger partial charge in [0, 0.05) is 5.54 Å². The Morgan fingerprint density at radius 1 is 1.43 bits per heavy atom. The molecule has 0 spiro atoms. The first-order valence-corrected chi connectivity index (χ1v) is 5.07. The average molecular weight is 193 g/mol. The lowest BCUT2D eigenvalue weighted by Gasteiger charge is -2.34. The third-order valence-electron chi connectivity index (χ3n) is 2.96. The quantitative estimate of drug-likeness (QED) is 0.722. The van der Waals surface area contributed by atoms with E-state index in [2.05, 4.69) is 25.2 Å². The molecule has 14 heavy (non-hydrogen) atoms. The Morgan fingerprint density at radius 3 is 2.93 bits per heavy atom. The van der Waals surface area contributed by atoms with Crippen LogP contribution in [-0.4, -0.2) is 6.54 Å². The molecule has 0 saturated carbocycles. The molecule has 0 aliphatic carbocycles. The van der Waals surface area contributed by atoms with Crippen molar-refractivity contribution in [2.75, 3.05) is 6.54 Å². The van der Waals surface area contributed by atoms with E-state index < -0.39 is 0 Å². The fourth-order valence-electron chi connectivity index (χ4n) is 2.15. The third-order valence-corrected chi connectivity index (χ3v) is 2.96. The molecule has 0 bridgehead atoms. The second kappa shape index (κ2) is 3.35. The molecular formula is C12H16FN. The molecule has 1 heterocycles. The van der Waals surface area contributed by atoms with Crippen molar-refractivity contribution in [2.45, 2.75) is 32.5 Å². The van der Waals surface area contributed by atoms with Crippen molar-refractivity contribution in [1.29, 1.82) is 0 Å². The fraction of sp³-hybridized carbons (Fsp3) is 0.500. The smallest absolute Gasteiger partial charge is 0.115 e. The minimum Gasteiger partial charge on any atom is -0.307 e. The lowest BCUT2D eigenvalue weighted by atomic mass is 9.84. The topological polar surface area (TPSA) is 12.0 Å². The maximum Gasteiger partial charge on any atom is 0.115 e. The van der Waals surface area contributed by atoms with Gasteiger partial charge in [0.1, 0.15) is 6.67 Å². The van der Waals surface area contributed by atoms with E-state index in [4.69, 9.17) is 0 Å². The summed E-state index contributed by atoms with van der Waals surface area (Å²) in [6.07, 6.45) is 1.01. The second-order valence-corrected chi connectivity index (χ2v) is 4.43. The first-order chi connectivity index (χ1) is 6.63. The Labute approximate surface area is 84.3 Å². The molecule has 0 atom stereocenters. The Hall–Kier alpha value is -0.890. The van der Waals surface area contributed by atoms with Crippen molar-refractivity contribution in [3.8, 4) is 0 Å². The van der Waals surface area contributed by atoms with E-state index in [1.54, 1.807) is 0 Å². The van der Waals surface area contributed by atoms with Crippen LogP contribution >= 0.6 is 0 Å². The van der Waals surface area contributed by atoms with E-state index in [-0.39, 0.29) is 12.2 Å². The fourth-order valence-corrected chi connectivity index (χ4v) is 2.15. The summed E-state index contributed by atoms with van der Waals surface area (Å²) in [6.45, 7) is 4.96. The van der Waals surface area contributed by atoms with Crippen LogP contribution in [0.4, 0.5) is 4.39 Å². The number of hydrogen-bond acceptors (Lipinski definition) is 1. The Balaban J connectivity index is 2.46. The summed E-state index contributed by atoms with van der Waals surface area (Å²) in [5.41, 5.74) is 3.42. The van der Waals surface area contributed by atoms with Crippen LogP contribution in [0.5, 0.6) is 0 Å². The predicted molar refractivity (Wildman–Crippen MR) is 56.0 cm³/mol. The standard InChI is InChI=1S/C12H16FN/c1-12(2)11-4-3-9(8-13)7-10(11)5-6-14-12/h3-4,7,14H,5-6,8H2,1-2H3. The molecule has 2 heteroatoms.